The molecule has 0 radical (unpaired) electrons. The molecule has 0 aliphatic heterocycles. The third kappa shape index (κ3) is 2.97. The summed E-state index contributed by atoms with van der Waals surface area (Å²) in [5, 5.41) is 9.11. The van der Waals surface area contributed by atoms with Gasteiger partial charge in [0.2, 0.25) is 0 Å². The largest absolute Gasteiger partial charge is 0.395 e. The highest BCUT2D eigenvalue weighted by Gasteiger charge is 2.44. The van der Waals surface area contributed by atoms with Crippen molar-refractivity contribution in [2.24, 2.45) is 0 Å². The van der Waals surface area contributed by atoms with Crippen LogP contribution in [0.4, 0.5) is 0 Å². The van der Waals surface area contributed by atoms with Crippen LogP contribution in [-0.2, 0) is 15.6 Å². The van der Waals surface area contributed by atoms with Crippen LogP contribution in [0.15, 0.2) is 60.7 Å². The highest BCUT2D eigenvalue weighted by molar-refractivity contribution is 5.72. The molecule has 2 aliphatic rings. The lowest BCUT2D eigenvalue weighted by Crippen LogP contribution is -2.10. The first-order chi connectivity index (χ1) is 10.7. The Morgan fingerprint density at radius 3 is 1.68 bits per heavy atom. The fourth-order valence-corrected chi connectivity index (χ4v) is 2.86. The van der Waals surface area contributed by atoms with E-state index in [4.69, 9.17) is 5.11 Å². The maximum Gasteiger partial charge on any atom is 0.130 e. The predicted octanol–water partition coefficient (Wildman–Crippen LogP) is 3.63. The Morgan fingerprint density at radius 1 is 0.818 bits per heavy atom. The van der Waals surface area contributed by atoms with Crippen LogP contribution in [0, 0.1) is 0 Å². The number of hydrogen-bond acceptors (Lipinski definition) is 2. The molecule has 2 heteroatoms. The molecule has 0 atom stereocenters. The van der Waals surface area contributed by atoms with Crippen molar-refractivity contribution in [3.05, 3.63) is 71.8 Å². The van der Waals surface area contributed by atoms with Crippen molar-refractivity contribution in [1.29, 1.82) is 0 Å². The van der Waals surface area contributed by atoms with Crippen LogP contribution in [0.1, 0.15) is 36.8 Å². The van der Waals surface area contributed by atoms with E-state index in [9.17, 15) is 4.79 Å². The van der Waals surface area contributed by atoms with Crippen LogP contribution in [-0.4, -0.2) is 18.0 Å². The fourth-order valence-electron chi connectivity index (χ4n) is 2.86. The first kappa shape index (κ1) is 15.0. The van der Waals surface area contributed by atoms with Gasteiger partial charge in [0.05, 0.1) is 12.0 Å². The highest BCUT2D eigenvalue weighted by atomic mass is 16.3. The summed E-state index contributed by atoms with van der Waals surface area (Å²) >= 11 is 0. The summed E-state index contributed by atoms with van der Waals surface area (Å²) in [6, 6.07) is 20.3. The zero-order valence-electron chi connectivity index (χ0n) is 12.7. The molecule has 2 saturated carbocycles. The Bertz CT molecular complexity index is 611. The summed E-state index contributed by atoms with van der Waals surface area (Å²) in [5.41, 5.74) is 2.51. The first-order valence-electron chi connectivity index (χ1n) is 7.93. The molecule has 2 fully saturated rings. The fraction of sp³-hybridized carbons (Fsp3) is 0.350. The summed E-state index contributed by atoms with van der Waals surface area (Å²) in [4.78, 5) is 10.7. The topological polar surface area (TPSA) is 37.3 Å². The number of carbonyl (C=O) groups is 1. The SMILES string of the molecule is O=CC1(c2ccccc2)CC1.OCC1(c2ccccc2)CC1. The van der Waals surface area contributed by atoms with E-state index >= 15 is 0 Å². The minimum atomic E-state index is -0.0960. The third-order valence-corrected chi connectivity index (χ3v) is 4.91. The van der Waals surface area contributed by atoms with E-state index in [0.717, 1.165) is 32.0 Å². The molecule has 0 heterocycles. The lowest BCUT2D eigenvalue weighted by atomic mass is 9.97. The van der Waals surface area contributed by atoms with Gasteiger partial charge in [-0.2, -0.15) is 0 Å². The molecular weight excluding hydrogens is 272 g/mol. The summed E-state index contributed by atoms with van der Waals surface area (Å²) in [7, 11) is 0. The van der Waals surface area contributed by atoms with Gasteiger partial charge in [0.1, 0.15) is 6.29 Å². The first-order valence-corrected chi connectivity index (χ1v) is 7.93. The maximum absolute atomic E-state index is 10.7. The van der Waals surface area contributed by atoms with Crippen LogP contribution in [0.3, 0.4) is 0 Å². The van der Waals surface area contributed by atoms with Gasteiger partial charge >= 0.3 is 0 Å². The zero-order valence-corrected chi connectivity index (χ0v) is 12.7. The van der Waals surface area contributed by atoms with Crippen molar-refractivity contribution >= 4 is 6.29 Å². The monoisotopic (exact) mass is 294 g/mol. The van der Waals surface area contributed by atoms with Gasteiger partial charge in [0.25, 0.3) is 0 Å². The molecule has 2 aromatic carbocycles. The van der Waals surface area contributed by atoms with E-state index in [1.165, 1.54) is 11.1 Å². The molecular formula is C20H22O2. The standard InChI is InChI=1S/C10H12O.C10H10O/c2*11-8-10(6-7-10)9-4-2-1-3-5-9/h1-5,11H,6-8H2;1-5,8H,6-7H2. The molecule has 0 amide bonds. The smallest absolute Gasteiger partial charge is 0.130 e. The summed E-state index contributed by atoms with van der Waals surface area (Å²) in [5.74, 6) is 0. The molecule has 1 N–H and O–H groups in total. The van der Waals surface area contributed by atoms with E-state index in [1.54, 1.807) is 0 Å². The predicted molar refractivity (Wildman–Crippen MR) is 87.9 cm³/mol. The van der Waals surface area contributed by atoms with Gasteiger partial charge in [-0.05, 0) is 36.8 Å². The third-order valence-electron chi connectivity index (χ3n) is 4.91. The van der Waals surface area contributed by atoms with Crippen molar-refractivity contribution in [3.8, 4) is 0 Å². The van der Waals surface area contributed by atoms with Gasteiger partial charge in [0, 0.05) is 5.41 Å². The molecule has 0 saturated heterocycles. The highest BCUT2D eigenvalue weighted by Crippen LogP contribution is 2.47. The number of aliphatic hydroxyl groups excluding tert-OH is 1. The molecule has 22 heavy (non-hydrogen) atoms. The number of benzene rings is 2. The quantitative estimate of drug-likeness (QED) is 0.874. The van der Waals surface area contributed by atoms with Crippen LogP contribution in [0.5, 0.6) is 0 Å². The molecule has 2 aromatic rings. The van der Waals surface area contributed by atoms with Gasteiger partial charge < -0.3 is 9.90 Å². The Labute approximate surface area is 131 Å². The second kappa shape index (κ2) is 6.05. The van der Waals surface area contributed by atoms with Crippen molar-refractivity contribution < 1.29 is 9.90 Å². The Morgan fingerprint density at radius 2 is 1.32 bits per heavy atom. The normalized spacial score (nSPS) is 19.5. The molecule has 0 aromatic heterocycles. The molecule has 4 rings (SSSR count). The number of hydrogen-bond donors (Lipinski definition) is 1. The second-order valence-electron chi connectivity index (χ2n) is 6.44. The molecule has 0 spiro atoms. The van der Waals surface area contributed by atoms with Crippen LogP contribution >= 0.6 is 0 Å². The number of carbonyl (C=O) groups excluding carboxylic acids is 1. The minimum Gasteiger partial charge on any atom is -0.395 e. The molecule has 114 valence electrons. The molecule has 0 bridgehead atoms. The van der Waals surface area contributed by atoms with E-state index < -0.39 is 0 Å². The van der Waals surface area contributed by atoms with Crippen molar-refractivity contribution in [3.63, 3.8) is 0 Å². The number of aliphatic hydroxyl groups is 1. The van der Waals surface area contributed by atoms with Crippen molar-refractivity contribution in [2.75, 3.05) is 6.61 Å². The van der Waals surface area contributed by atoms with Crippen LogP contribution in [0.2, 0.25) is 0 Å². The Kier molecular flexibility index (Phi) is 4.12. The Hall–Kier alpha value is -1.93. The second-order valence-corrected chi connectivity index (χ2v) is 6.44. The van der Waals surface area contributed by atoms with Crippen molar-refractivity contribution in [2.45, 2.75) is 36.5 Å². The van der Waals surface area contributed by atoms with E-state index in [0.29, 0.717) is 6.61 Å². The number of rotatable bonds is 4. The van der Waals surface area contributed by atoms with Crippen LogP contribution in [0.25, 0.3) is 0 Å². The maximum atomic E-state index is 10.7. The summed E-state index contributed by atoms with van der Waals surface area (Å²) in [6.45, 7) is 0.303. The summed E-state index contributed by atoms with van der Waals surface area (Å²) in [6.07, 6.45) is 5.43. The van der Waals surface area contributed by atoms with Gasteiger partial charge in [-0.15, -0.1) is 0 Å². The van der Waals surface area contributed by atoms with Gasteiger partial charge in [0.15, 0.2) is 0 Å². The van der Waals surface area contributed by atoms with Gasteiger partial charge in [-0.3, -0.25) is 0 Å². The van der Waals surface area contributed by atoms with Crippen LogP contribution < -0.4 is 0 Å². The van der Waals surface area contributed by atoms with E-state index in [2.05, 4.69) is 12.1 Å². The van der Waals surface area contributed by atoms with Gasteiger partial charge in [-0.25, -0.2) is 0 Å². The average Bonchev–Trinajstić information content (AvgIpc) is 3.52. The van der Waals surface area contributed by atoms with Crippen molar-refractivity contribution in [1.82, 2.24) is 0 Å². The van der Waals surface area contributed by atoms with E-state index in [-0.39, 0.29) is 10.8 Å². The number of aldehydes is 1. The van der Waals surface area contributed by atoms with Gasteiger partial charge in [-0.1, -0.05) is 60.7 Å². The lowest BCUT2D eigenvalue weighted by Gasteiger charge is -2.10. The minimum absolute atomic E-state index is 0.0960. The molecule has 2 nitrogen and oxygen atoms in total. The lowest BCUT2D eigenvalue weighted by molar-refractivity contribution is -0.109. The van der Waals surface area contributed by atoms with E-state index in [1.807, 2.05) is 48.5 Å². The average molecular weight is 294 g/mol. The Balaban J connectivity index is 0.000000131. The molecule has 0 unspecified atom stereocenters. The summed E-state index contributed by atoms with van der Waals surface area (Å²) < 4.78 is 0. The zero-order chi connectivity index (χ0) is 15.5. The molecule has 2 aliphatic carbocycles.